The third-order valence-electron chi connectivity index (χ3n) is 2.80. The zero-order chi connectivity index (χ0) is 15.1. The molecule has 0 fully saturated rings. The van der Waals surface area contributed by atoms with Crippen LogP contribution in [0.25, 0.3) is 0 Å². The number of hydrogen-bond acceptors (Lipinski definition) is 4. The second-order valence-electron chi connectivity index (χ2n) is 4.31. The maximum Gasteiger partial charge on any atom is 0.253 e. The quantitative estimate of drug-likeness (QED) is 0.723. The highest BCUT2D eigenvalue weighted by Gasteiger charge is 2.17. The number of hydrogen-bond donors (Lipinski definition) is 0. The summed E-state index contributed by atoms with van der Waals surface area (Å²) in [5.74, 6) is 0.972. The van der Waals surface area contributed by atoms with Gasteiger partial charge in [-0.3, -0.25) is 4.79 Å². The van der Waals surface area contributed by atoms with E-state index in [4.69, 9.17) is 25.8 Å². The Morgan fingerprint density at radius 2 is 1.90 bits per heavy atom. The van der Waals surface area contributed by atoms with E-state index in [0.717, 1.165) is 0 Å². The molecule has 1 amide bonds. The minimum atomic E-state index is -0.242. The standard InChI is InChI=1S/C14H20ClNO4/c1-16(8-11(15)9-18-2)14(17)10-5-6-12(19-3)13(7-10)20-4/h5-7,11H,8-9H2,1-4H3. The van der Waals surface area contributed by atoms with Crippen molar-refractivity contribution in [1.82, 2.24) is 4.90 Å². The van der Waals surface area contributed by atoms with Crippen molar-refractivity contribution in [2.75, 3.05) is 41.5 Å². The number of methoxy groups -OCH3 is 3. The van der Waals surface area contributed by atoms with E-state index in [-0.39, 0.29) is 11.3 Å². The highest BCUT2D eigenvalue weighted by Crippen LogP contribution is 2.27. The van der Waals surface area contributed by atoms with Crippen molar-refractivity contribution in [2.45, 2.75) is 5.38 Å². The van der Waals surface area contributed by atoms with Gasteiger partial charge in [-0.05, 0) is 18.2 Å². The lowest BCUT2D eigenvalue weighted by Gasteiger charge is -2.20. The van der Waals surface area contributed by atoms with Crippen molar-refractivity contribution in [2.24, 2.45) is 0 Å². The minimum Gasteiger partial charge on any atom is -0.493 e. The first kappa shape index (κ1) is 16.6. The smallest absolute Gasteiger partial charge is 0.253 e. The summed E-state index contributed by atoms with van der Waals surface area (Å²) >= 11 is 6.05. The third kappa shape index (κ3) is 4.28. The van der Waals surface area contributed by atoms with Gasteiger partial charge in [0, 0.05) is 26.3 Å². The van der Waals surface area contributed by atoms with Crippen LogP contribution in [0.1, 0.15) is 10.4 Å². The van der Waals surface area contributed by atoms with E-state index in [1.807, 2.05) is 0 Å². The summed E-state index contributed by atoms with van der Waals surface area (Å²) in [6, 6.07) is 5.05. The molecule has 0 saturated carbocycles. The monoisotopic (exact) mass is 301 g/mol. The lowest BCUT2D eigenvalue weighted by atomic mass is 10.1. The minimum absolute atomic E-state index is 0.132. The Bertz CT molecular complexity index is 453. The molecule has 0 heterocycles. The molecule has 1 atom stereocenters. The molecule has 0 aliphatic rings. The van der Waals surface area contributed by atoms with Gasteiger partial charge in [-0.1, -0.05) is 0 Å². The molecule has 0 aromatic heterocycles. The number of nitrogens with zero attached hydrogens (tertiary/aromatic N) is 1. The first-order valence-corrected chi connectivity index (χ1v) is 6.57. The molecule has 0 aliphatic carbocycles. The Labute approximate surface area is 124 Å². The van der Waals surface area contributed by atoms with Crippen molar-refractivity contribution in [3.05, 3.63) is 23.8 Å². The number of carbonyl (C=O) groups excluding carboxylic acids is 1. The Morgan fingerprint density at radius 3 is 2.45 bits per heavy atom. The van der Waals surface area contributed by atoms with Crippen molar-refractivity contribution < 1.29 is 19.0 Å². The van der Waals surface area contributed by atoms with Gasteiger partial charge in [-0.15, -0.1) is 11.6 Å². The van der Waals surface area contributed by atoms with Crippen molar-refractivity contribution in [3.63, 3.8) is 0 Å². The van der Waals surface area contributed by atoms with Gasteiger partial charge in [0.05, 0.1) is 26.2 Å². The first-order chi connectivity index (χ1) is 9.53. The maximum atomic E-state index is 12.3. The van der Waals surface area contributed by atoms with Gasteiger partial charge in [0.25, 0.3) is 5.91 Å². The van der Waals surface area contributed by atoms with Crippen LogP contribution in [0.15, 0.2) is 18.2 Å². The van der Waals surface area contributed by atoms with E-state index < -0.39 is 0 Å². The third-order valence-corrected chi connectivity index (χ3v) is 3.06. The van der Waals surface area contributed by atoms with E-state index in [1.54, 1.807) is 44.4 Å². The first-order valence-electron chi connectivity index (χ1n) is 6.14. The number of amides is 1. The number of ether oxygens (including phenoxy) is 3. The fourth-order valence-electron chi connectivity index (χ4n) is 1.80. The van der Waals surface area contributed by atoms with E-state index in [9.17, 15) is 4.79 Å². The zero-order valence-corrected chi connectivity index (χ0v) is 12.9. The molecule has 1 rings (SSSR count). The Balaban J connectivity index is 2.81. The molecule has 0 radical (unpaired) electrons. The van der Waals surface area contributed by atoms with Crippen LogP contribution in [0.4, 0.5) is 0 Å². The number of halogens is 1. The number of rotatable bonds is 7. The maximum absolute atomic E-state index is 12.3. The molecule has 0 saturated heterocycles. The molecule has 1 aromatic rings. The average molecular weight is 302 g/mol. The summed E-state index contributed by atoms with van der Waals surface area (Å²) < 4.78 is 15.3. The van der Waals surface area contributed by atoms with Crippen LogP contribution in [0.3, 0.4) is 0 Å². The van der Waals surface area contributed by atoms with Gasteiger partial charge >= 0.3 is 0 Å². The molecule has 1 aromatic carbocycles. The van der Waals surface area contributed by atoms with Gasteiger partial charge in [0.2, 0.25) is 0 Å². The number of carbonyl (C=O) groups is 1. The molecule has 20 heavy (non-hydrogen) atoms. The molecule has 0 aliphatic heterocycles. The predicted molar refractivity (Wildman–Crippen MR) is 78.0 cm³/mol. The van der Waals surface area contributed by atoms with Crippen LogP contribution in [0.5, 0.6) is 11.5 Å². The molecule has 0 N–H and O–H groups in total. The van der Waals surface area contributed by atoms with Crippen molar-refractivity contribution >= 4 is 17.5 Å². The van der Waals surface area contributed by atoms with E-state index in [2.05, 4.69) is 0 Å². The number of alkyl halides is 1. The molecule has 0 spiro atoms. The Hall–Kier alpha value is -1.46. The summed E-state index contributed by atoms with van der Waals surface area (Å²) in [5, 5.41) is -0.242. The van der Waals surface area contributed by atoms with Gasteiger partial charge in [0.15, 0.2) is 11.5 Å². The van der Waals surface area contributed by atoms with Gasteiger partial charge < -0.3 is 19.1 Å². The van der Waals surface area contributed by atoms with Crippen LogP contribution in [-0.2, 0) is 4.74 Å². The lowest BCUT2D eigenvalue weighted by molar-refractivity contribution is 0.0781. The molecule has 0 bridgehead atoms. The summed E-state index contributed by atoms with van der Waals surface area (Å²) in [6.45, 7) is 0.799. The Kier molecular flexibility index (Phi) is 6.61. The lowest BCUT2D eigenvalue weighted by Crippen LogP contribution is -2.33. The average Bonchev–Trinajstić information content (AvgIpc) is 2.45. The van der Waals surface area contributed by atoms with Crippen LogP contribution in [0.2, 0.25) is 0 Å². The normalized spacial score (nSPS) is 11.8. The molecule has 112 valence electrons. The van der Waals surface area contributed by atoms with E-state index in [0.29, 0.717) is 30.2 Å². The topological polar surface area (TPSA) is 48.0 Å². The molecular weight excluding hydrogens is 282 g/mol. The van der Waals surface area contributed by atoms with Crippen LogP contribution in [0, 0.1) is 0 Å². The number of benzene rings is 1. The SMILES string of the molecule is COCC(Cl)CN(C)C(=O)c1ccc(OC)c(OC)c1. The fourth-order valence-corrected chi connectivity index (χ4v) is 2.14. The molecule has 1 unspecified atom stereocenters. The van der Waals surface area contributed by atoms with E-state index >= 15 is 0 Å². The fraction of sp³-hybridized carbons (Fsp3) is 0.500. The second-order valence-corrected chi connectivity index (χ2v) is 4.93. The molecule has 5 nitrogen and oxygen atoms in total. The Morgan fingerprint density at radius 1 is 1.25 bits per heavy atom. The van der Waals surface area contributed by atoms with Crippen LogP contribution < -0.4 is 9.47 Å². The zero-order valence-electron chi connectivity index (χ0n) is 12.2. The predicted octanol–water partition coefficient (Wildman–Crippen LogP) is 2.03. The highest BCUT2D eigenvalue weighted by atomic mass is 35.5. The van der Waals surface area contributed by atoms with Crippen LogP contribution in [-0.4, -0.2) is 57.7 Å². The molecular formula is C14H20ClNO4. The second kappa shape index (κ2) is 7.97. The summed E-state index contributed by atoms with van der Waals surface area (Å²) in [6.07, 6.45) is 0. The largest absolute Gasteiger partial charge is 0.493 e. The van der Waals surface area contributed by atoms with Crippen LogP contribution >= 0.6 is 11.6 Å². The summed E-state index contributed by atoms with van der Waals surface area (Å²) in [7, 11) is 6.35. The van der Waals surface area contributed by atoms with Gasteiger partial charge in [-0.2, -0.15) is 0 Å². The van der Waals surface area contributed by atoms with Crippen molar-refractivity contribution in [3.8, 4) is 11.5 Å². The molecule has 6 heteroatoms. The summed E-state index contributed by atoms with van der Waals surface area (Å²) in [5.41, 5.74) is 0.520. The van der Waals surface area contributed by atoms with Crippen molar-refractivity contribution in [1.29, 1.82) is 0 Å². The highest BCUT2D eigenvalue weighted by molar-refractivity contribution is 6.21. The van der Waals surface area contributed by atoms with E-state index in [1.165, 1.54) is 7.11 Å². The van der Waals surface area contributed by atoms with Gasteiger partial charge in [-0.25, -0.2) is 0 Å². The van der Waals surface area contributed by atoms with Gasteiger partial charge in [0.1, 0.15) is 0 Å². The summed E-state index contributed by atoms with van der Waals surface area (Å²) in [4.78, 5) is 13.8.